The number of nitrogens with one attached hydrogen (secondary N) is 1. The monoisotopic (exact) mass is 286 g/mol. The van der Waals surface area contributed by atoms with Gasteiger partial charge in [-0.1, -0.05) is 44.2 Å². The predicted molar refractivity (Wildman–Crippen MR) is 84.0 cm³/mol. The smallest absolute Gasteiger partial charge is 0.164 e. The molecule has 0 saturated heterocycles. The summed E-state index contributed by atoms with van der Waals surface area (Å²) in [6.07, 6.45) is -0.307. The number of rotatable bonds is 5. The molecule has 0 aliphatic rings. The molecule has 1 heterocycles. The number of hydrazine groups is 1. The van der Waals surface area contributed by atoms with Crippen LogP contribution in [0.5, 0.6) is 0 Å². The van der Waals surface area contributed by atoms with Gasteiger partial charge in [-0.05, 0) is 18.4 Å². The van der Waals surface area contributed by atoms with E-state index in [2.05, 4.69) is 29.2 Å². The Balaban J connectivity index is 2.51. The minimum absolute atomic E-state index is 0.294. The van der Waals surface area contributed by atoms with Gasteiger partial charge in [-0.3, -0.25) is 0 Å². The van der Waals surface area contributed by atoms with Crippen LogP contribution in [0.3, 0.4) is 0 Å². The van der Waals surface area contributed by atoms with E-state index in [0.717, 1.165) is 16.8 Å². The maximum Gasteiger partial charge on any atom is 0.164 e. The van der Waals surface area contributed by atoms with E-state index in [-0.39, 0.29) is 6.10 Å². The van der Waals surface area contributed by atoms with Crippen LogP contribution >= 0.6 is 0 Å². The first-order valence-electron chi connectivity index (χ1n) is 7.01. The lowest BCUT2D eigenvalue weighted by Crippen LogP contribution is -2.18. The maximum absolute atomic E-state index is 5.63. The molecule has 0 spiro atoms. The minimum Gasteiger partial charge on any atom is -0.369 e. The van der Waals surface area contributed by atoms with Gasteiger partial charge in [0.1, 0.15) is 11.9 Å². The van der Waals surface area contributed by atoms with Gasteiger partial charge in [-0.25, -0.2) is 15.8 Å². The Bertz CT molecular complexity index is 599. The van der Waals surface area contributed by atoms with Gasteiger partial charge in [0, 0.05) is 18.4 Å². The van der Waals surface area contributed by atoms with Crippen molar-refractivity contribution < 1.29 is 4.74 Å². The van der Waals surface area contributed by atoms with Crippen molar-refractivity contribution in [1.82, 2.24) is 9.97 Å². The van der Waals surface area contributed by atoms with E-state index < -0.39 is 0 Å². The van der Waals surface area contributed by atoms with Gasteiger partial charge < -0.3 is 10.2 Å². The molecule has 0 fully saturated rings. The van der Waals surface area contributed by atoms with Crippen molar-refractivity contribution >= 4 is 5.82 Å². The molecule has 0 bridgehead atoms. The van der Waals surface area contributed by atoms with Crippen molar-refractivity contribution in [3.05, 3.63) is 53.0 Å². The number of nitrogens with zero attached hydrogens (tertiary/aromatic N) is 2. The summed E-state index contributed by atoms with van der Waals surface area (Å²) in [5.41, 5.74) is 5.64. The Morgan fingerprint density at radius 1 is 1.14 bits per heavy atom. The highest BCUT2D eigenvalue weighted by Gasteiger charge is 2.21. The summed E-state index contributed by atoms with van der Waals surface area (Å²) in [7, 11) is 1.66. The molecule has 5 heteroatoms. The fraction of sp³-hybridized carbons (Fsp3) is 0.375. The van der Waals surface area contributed by atoms with Crippen LogP contribution in [0.25, 0.3) is 0 Å². The van der Waals surface area contributed by atoms with E-state index >= 15 is 0 Å². The van der Waals surface area contributed by atoms with Crippen molar-refractivity contribution in [3.8, 4) is 0 Å². The lowest BCUT2D eigenvalue weighted by molar-refractivity contribution is 0.129. The molecule has 5 nitrogen and oxygen atoms in total. The Labute approximate surface area is 125 Å². The topological polar surface area (TPSA) is 73.1 Å². The van der Waals surface area contributed by atoms with Crippen molar-refractivity contribution in [3.63, 3.8) is 0 Å². The average Bonchev–Trinajstić information content (AvgIpc) is 2.48. The molecule has 1 atom stereocenters. The summed E-state index contributed by atoms with van der Waals surface area (Å²) in [5.74, 6) is 7.19. The van der Waals surface area contributed by atoms with Gasteiger partial charge in [0.15, 0.2) is 5.82 Å². The molecule has 0 aliphatic heterocycles. The van der Waals surface area contributed by atoms with Gasteiger partial charge >= 0.3 is 0 Å². The third-order valence-electron chi connectivity index (χ3n) is 3.44. The second-order valence-corrected chi connectivity index (χ2v) is 5.25. The zero-order valence-electron chi connectivity index (χ0n) is 12.9. The van der Waals surface area contributed by atoms with E-state index in [0.29, 0.717) is 17.6 Å². The molecule has 2 rings (SSSR count). The molecule has 0 radical (unpaired) electrons. The zero-order chi connectivity index (χ0) is 15.4. The highest BCUT2D eigenvalue weighted by atomic mass is 16.5. The zero-order valence-corrected chi connectivity index (χ0v) is 12.9. The number of ether oxygens (including phenoxy) is 1. The van der Waals surface area contributed by atoms with Crippen LogP contribution in [-0.4, -0.2) is 17.1 Å². The lowest BCUT2D eigenvalue weighted by Gasteiger charge is -2.19. The van der Waals surface area contributed by atoms with E-state index in [1.165, 1.54) is 0 Å². The number of aryl methyl sites for hydroxylation is 1. The van der Waals surface area contributed by atoms with Gasteiger partial charge in [0.2, 0.25) is 0 Å². The lowest BCUT2D eigenvalue weighted by atomic mass is 10.0. The first-order valence-corrected chi connectivity index (χ1v) is 7.01. The summed E-state index contributed by atoms with van der Waals surface area (Å²) in [6.45, 7) is 6.16. The molecule has 1 unspecified atom stereocenters. The molecule has 0 saturated carbocycles. The standard InChI is InChI=1S/C16H22N4O/c1-10(2)13-11(3)18-16(19-15(13)20-17)14(21-4)12-8-6-5-7-9-12/h5-10,14H,17H2,1-4H3,(H,18,19,20). The number of hydrogen-bond donors (Lipinski definition) is 2. The third-order valence-corrected chi connectivity index (χ3v) is 3.44. The summed E-state index contributed by atoms with van der Waals surface area (Å²) in [6, 6.07) is 9.91. The Morgan fingerprint density at radius 3 is 2.33 bits per heavy atom. The highest BCUT2D eigenvalue weighted by Crippen LogP contribution is 2.29. The van der Waals surface area contributed by atoms with Crippen LogP contribution in [0.1, 0.15) is 48.5 Å². The molecule has 0 amide bonds. The van der Waals surface area contributed by atoms with Gasteiger partial charge in [-0.15, -0.1) is 0 Å². The van der Waals surface area contributed by atoms with E-state index in [1.54, 1.807) is 7.11 Å². The number of methoxy groups -OCH3 is 1. The van der Waals surface area contributed by atoms with Crippen LogP contribution in [0.4, 0.5) is 5.82 Å². The number of anilines is 1. The number of benzene rings is 1. The third kappa shape index (κ3) is 3.20. The number of nitrogen functional groups attached to an aromatic ring is 1. The van der Waals surface area contributed by atoms with Crippen molar-refractivity contribution in [2.45, 2.75) is 32.8 Å². The van der Waals surface area contributed by atoms with Crippen LogP contribution < -0.4 is 11.3 Å². The summed E-state index contributed by atoms with van der Waals surface area (Å²) >= 11 is 0. The first kappa shape index (κ1) is 15.4. The minimum atomic E-state index is -0.307. The fourth-order valence-electron chi connectivity index (χ4n) is 2.54. The summed E-state index contributed by atoms with van der Waals surface area (Å²) in [5, 5.41) is 0. The van der Waals surface area contributed by atoms with Gasteiger partial charge in [0.25, 0.3) is 0 Å². The second kappa shape index (κ2) is 6.65. The molecule has 1 aromatic carbocycles. The Hall–Kier alpha value is -1.98. The van der Waals surface area contributed by atoms with Crippen molar-refractivity contribution in [2.75, 3.05) is 12.5 Å². The molecule has 21 heavy (non-hydrogen) atoms. The first-order chi connectivity index (χ1) is 10.1. The van der Waals surface area contributed by atoms with Crippen LogP contribution in [0.15, 0.2) is 30.3 Å². The molecule has 112 valence electrons. The maximum atomic E-state index is 5.63. The van der Waals surface area contributed by atoms with Crippen LogP contribution in [0.2, 0.25) is 0 Å². The van der Waals surface area contributed by atoms with Gasteiger partial charge in [-0.2, -0.15) is 0 Å². The van der Waals surface area contributed by atoms with Crippen molar-refractivity contribution in [2.24, 2.45) is 5.84 Å². The molecule has 1 aromatic heterocycles. The molecule has 3 N–H and O–H groups in total. The van der Waals surface area contributed by atoms with E-state index in [1.807, 2.05) is 37.3 Å². The van der Waals surface area contributed by atoms with Crippen LogP contribution in [0, 0.1) is 6.92 Å². The molecule has 0 aliphatic carbocycles. The average molecular weight is 286 g/mol. The molecular weight excluding hydrogens is 264 g/mol. The largest absolute Gasteiger partial charge is 0.369 e. The molecule has 2 aromatic rings. The van der Waals surface area contributed by atoms with Crippen LogP contribution in [-0.2, 0) is 4.74 Å². The Morgan fingerprint density at radius 2 is 1.81 bits per heavy atom. The SMILES string of the molecule is COC(c1ccccc1)c1nc(C)c(C(C)C)c(NN)n1. The normalized spacial score (nSPS) is 12.5. The molecular formula is C16H22N4O. The van der Waals surface area contributed by atoms with E-state index in [4.69, 9.17) is 10.6 Å². The highest BCUT2D eigenvalue weighted by molar-refractivity contribution is 5.48. The fourth-order valence-corrected chi connectivity index (χ4v) is 2.54. The second-order valence-electron chi connectivity index (χ2n) is 5.25. The van der Waals surface area contributed by atoms with E-state index in [9.17, 15) is 0 Å². The number of aromatic nitrogens is 2. The summed E-state index contributed by atoms with van der Waals surface area (Å²) in [4.78, 5) is 9.17. The Kier molecular flexibility index (Phi) is 4.88. The quantitative estimate of drug-likeness (QED) is 0.653. The summed E-state index contributed by atoms with van der Waals surface area (Å²) < 4.78 is 5.58. The number of nitrogens with two attached hydrogens (primary N) is 1. The predicted octanol–water partition coefficient (Wildman–Crippen LogP) is 2.93. The number of hydrogen-bond acceptors (Lipinski definition) is 5. The van der Waals surface area contributed by atoms with Crippen molar-refractivity contribution in [1.29, 1.82) is 0 Å². The van der Waals surface area contributed by atoms with Gasteiger partial charge in [0.05, 0.1) is 0 Å².